The molecule has 0 radical (unpaired) electrons. The summed E-state index contributed by atoms with van der Waals surface area (Å²) in [5, 5.41) is 13.6. The molecule has 0 spiro atoms. The quantitative estimate of drug-likeness (QED) is 0.442. The number of nitrogens with zero attached hydrogens (tertiary/aromatic N) is 1. The number of aliphatic carboxylic acids is 1. The van der Waals surface area contributed by atoms with E-state index < -0.39 is 5.97 Å². The van der Waals surface area contributed by atoms with Crippen LogP contribution in [0.3, 0.4) is 0 Å². The van der Waals surface area contributed by atoms with Crippen LogP contribution in [0.15, 0.2) is 54.6 Å². The molecule has 1 unspecified atom stereocenters. The van der Waals surface area contributed by atoms with Crippen LogP contribution in [0.1, 0.15) is 48.8 Å². The van der Waals surface area contributed by atoms with Crippen LogP contribution in [0.5, 0.6) is 5.75 Å². The van der Waals surface area contributed by atoms with Crippen molar-refractivity contribution >= 4 is 29.0 Å². The fourth-order valence-electron chi connectivity index (χ4n) is 4.51. The predicted octanol–water partition coefficient (Wildman–Crippen LogP) is 6.06. The van der Waals surface area contributed by atoms with E-state index in [4.69, 9.17) is 16.3 Å². The van der Waals surface area contributed by atoms with Crippen molar-refractivity contribution in [3.05, 3.63) is 70.9 Å². The SMILES string of the molecule is COc1ccc(-c2cc3c(n2CCC(=O)O)C(Nc2ccc(Cl)cc2)C(C)(C)CC3=O)cc1. The molecule has 0 aliphatic heterocycles. The average Bonchev–Trinajstić information content (AvgIpc) is 3.16. The molecule has 2 N–H and O–H groups in total. The van der Waals surface area contributed by atoms with E-state index in [-0.39, 0.29) is 30.2 Å². The van der Waals surface area contributed by atoms with Crippen molar-refractivity contribution in [1.82, 2.24) is 4.57 Å². The number of halogens is 1. The third-order valence-electron chi connectivity index (χ3n) is 6.20. The molecule has 1 aliphatic rings. The number of Topliss-reactive ketones (excluding diaryl/α,β-unsaturated/α-hetero) is 1. The lowest BCUT2D eigenvalue weighted by Crippen LogP contribution is -2.37. The summed E-state index contributed by atoms with van der Waals surface area (Å²) in [5.41, 5.74) is 3.66. The van der Waals surface area contributed by atoms with Crippen LogP contribution in [-0.4, -0.2) is 28.5 Å². The van der Waals surface area contributed by atoms with Gasteiger partial charge in [-0.2, -0.15) is 0 Å². The molecule has 0 bridgehead atoms. The Morgan fingerprint density at radius 1 is 1.18 bits per heavy atom. The summed E-state index contributed by atoms with van der Waals surface area (Å²) in [4.78, 5) is 24.6. The number of ketones is 1. The van der Waals surface area contributed by atoms with E-state index in [1.54, 1.807) is 7.11 Å². The Labute approximate surface area is 198 Å². The Morgan fingerprint density at radius 2 is 1.85 bits per heavy atom. The van der Waals surface area contributed by atoms with Crippen molar-refractivity contribution in [3.8, 4) is 17.0 Å². The summed E-state index contributed by atoms with van der Waals surface area (Å²) in [5.74, 6) is -0.0959. The number of aromatic nitrogens is 1. The van der Waals surface area contributed by atoms with Gasteiger partial charge < -0.3 is 19.7 Å². The monoisotopic (exact) mass is 466 g/mol. The highest BCUT2D eigenvalue weighted by Gasteiger charge is 2.43. The molecule has 172 valence electrons. The molecule has 7 heteroatoms. The number of methoxy groups -OCH3 is 1. The number of hydrogen-bond acceptors (Lipinski definition) is 4. The summed E-state index contributed by atoms with van der Waals surface area (Å²) < 4.78 is 7.26. The maximum atomic E-state index is 13.2. The minimum absolute atomic E-state index is 0.0490. The highest BCUT2D eigenvalue weighted by Crippen LogP contribution is 2.47. The van der Waals surface area contributed by atoms with Crippen molar-refractivity contribution in [2.75, 3.05) is 12.4 Å². The second-order valence-corrected chi connectivity index (χ2v) is 9.46. The number of ether oxygens (including phenoxy) is 1. The lowest BCUT2D eigenvalue weighted by Gasteiger charge is -2.40. The van der Waals surface area contributed by atoms with Crippen LogP contribution in [0.2, 0.25) is 5.02 Å². The summed E-state index contributed by atoms with van der Waals surface area (Å²) >= 11 is 6.06. The first-order chi connectivity index (χ1) is 15.7. The molecule has 1 aliphatic carbocycles. The first-order valence-electron chi connectivity index (χ1n) is 10.8. The summed E-state index contributed by atoms with van der Waals surface area (Å²) in [7, 11) is 1.61. The molecular weight excluding hydrogens is 440 g/mol. The van der Waals surface area contributed by atoms with Crippen molar-refractivity contribution in [2.24, 2.45) is 5.41 Å². The number of nitrogens with one attached hydrogen (secondary N) is 1. The van der Waals surface area contributed by atoms with E-state index in [0.29, 0.717) is 17.0 Å². The zero-order valence-corrected chi connectivity index (χ0v) is 19.6. The zero-order valence-electron chi connectivity index (χ0n) is 18.9. The molecule has 0 fully saturated rings. The van der Waals surface area contributed by atoms with E-state index in [9.17, 15) is 14.7 Å². The summed E-state index contributed by atoms with van der Waals surface area (Å²) in [6.07, 6.45) is 0.336. The van der Waals surface area contributed by atoms with Crippen LogP contribution < -0.4 is 10.1 Å². The maximum absolute atomic E-state index is 13.2. The molecular formula is C26H27ClN2O4. The lowest BCUT2D eigenvalue weighted by atomic mass is 9.72. The average molecular weight is 467 g/mol. The Bertz CT molecular complexity index is 1180. The third-order valence-corrected chi connectivity index (χ3v) is 6.45. The van der Waals surface area contributed by atoms with E-state index in [1.165, 1.54) is 0 Å². The molecule has 3 aromatic rings. The molecule has 4 rings (SSSR count). The second-order valence-electron chi connectivity index (χ2n) is 9.03. The van der Waals surface area contributed by atoms with Crippen molar-refractivity contribution in [3.63, 3.8) is 0 Å². The topological polar surface area (TPSA) is 80.6 Å². The fourth-order valence-corrected chi connectivity index (χ4v) is 4.63. The number of benzene rings is 2. The number of carboxylic acid groups (broad SMARTS) is 1. The van der Waals surface area contributed by atoms with Crippen LogP contribution >= 0.6 is 11.6 Å². The maximum Gasteiger partial charge on any atom is 0.305 e. The minimum atomic E-state index is -0.887. The van der Waals surface area contributed by atoms with Crippen LogP contribution in [-0.2, 0) is 11.3 Å². The number of carboxylic acids is 1. The number of rotatable bonds is 7. The standard InChI is InChI=1S/C26H27ClN2O4/c1-26(2)15-22(30)20-14-21(16-4-10-19(33-3)11-5-16)29(13-12-23(31)32)24(20)25(26)28-18-8-6-17(27)7-9-18/h4-11,14,25,28H,12-13,15H2,1-3H3,(H,31,32). The molecule has 1 aromatic heterocycles. The normalized spacial score (nSPS) is 16.8. The molecule has 0 saturated carbocycles. The van der Waals surface area contributed by atoms with E-state index in [1.807, 2.05) is 59.2 Å². The van der Waals surface area contributed by atoms with Gasteiger partial charge in [0.15, 0.2) is 5.78 Å². The van der Waals surface area contributed by atoms with Gasteiger partial charge in [0.2, 0.25) is 0 Å². The van der Waals surface area contributed by atoms with Gasteiger partial charge in [0.1, 0.15) is 5.75 Å². The Hall–Kier alpha value is -3.25. The smallest absolute Gasteiger partial charge is 0.305 e. The van der Waals surface area contributed by atoms with Gasteiger partial charge in [0, 0.05) is 34.9 Å². The number of fused-ring (bicyclic) bond motifs is 1. The highest BCUT2D eigenvalue weighted by molar-refractivity contribution is 6.30. The summed E-state index contributed by atoms with van der Waals surface area (Å²) in [6, 6.07) is 16.7. The van der Waals surface area contributed by atoms with Gasteiger partial charge in [-0.1, -0.05) is 25.4 Å². The molecule has 0 saturated heterocycles. The fraction of sp³-hybridized carbons (Fsp3) is 0.308. The zero-order chi connectivity index (χ0) is 23.8. The van der Waals surface area contributed by atoms with Gasteiger partial charge in [0.05, 0.1) is 25.3 Å². The highest BCUT2D eigenvalue weighted by atomic mass is 35.5. The van der Waals surface area contributed by atoms with Crippen LogP contribution in [0.4, 0.5) is 5.69 Å². The number of carbonyl (C=O) groups excluding carboxylic acids is 1. The van der Waals surface area contributed by atoms with Crippen LogP contribution in [0.25, 0.3) is 11.3 Å². The van der Waals surface area contributed by atoms with Gasteiger partial charge in [-0.25, -0.2) is 0 Å². The molecule has 1 atom stereocenters. The first-order valence-corrected chi connectivity index (χ1v) is 11.2. The molecule has 1 heterocycles. The minimum Gasteiger partial charge on any atom is -0.497 e. The number of anilines is 1. The Morgan fingerprint density at radius 3 is 2.45 bits per heavy atom. The Kier molecular flexibility index (Phi) is 6.21. The summed E-state index contributed by atoms with van der Waals surface area (Å²) in [6.45, 7) is 4.38. The number of carbonyl (C=O) groups is 2. The third kappa shape index (κ3) is 4.62. The molecule has 6 nitrogen and oxygen atoms in total. The number of hydrogen-bond donors (Lipinski definition) is 2. The molecule has 2 aromatic carbocycles. The van der Waals surface area contributed by atoms with Crippen LogP contribution in [0, 0.1) is 5.41 Å². The van der Waals surface area contributed by atoms with E-state index in [0.717, 1.165) is 28.4 Å². The largest absolute Gasteiger partial charge is 0.497 e. The van der Waals surface area contributed by atoms with Gasteiger partial charge in [0.25, 0.3) is 0 Å². The van der Waals surface area contributed by atoms with E-state index >= 15 is 0 Å². The van der Waals surface area contributed by atoms with Gasteiger partial charge in [-0.05, 0) is 65.6 Å². The molecule has 0 amide bonds. The second kappa shape index (κ2) is 8.94. The van der Waals surface area contributed by atoms with Gasteiger partial charge in [-0.15, -0.1) is 0 Å². The first kappa shape index (κ1) is 22.9. The lowest BCUT2D eigenvalue weighted by molar-refractivity contribution is -0.137. The van der Waals surface area contributed by atoms with Crippen molar-refractivity contribution in [1.29, 1.82) is 0 Å². The predicted molar refractivity (Wildman–Crippen MR) is 129 cm³/mol. The Balaban J connectivity index is 1.87. The molecule has 33 heavy (non-hydrogen) atoms. The van der Waals surface area contributed by atoms with Crippen molar-refractivity contribution < 1.29 is 19.4 Å². The van der Waals surface area contributed by atoms with Crippen molar-refractivity contribution in [2.45, 2.75) is 39.3 Å². The van der Waals surface area contributed by atoms with E-state index in [2.05, 4.69) is 19.2 Å². The van der Waals surface area contributed by atoms with Gasteiger partial charge in [-0.3, -0.25) is 9.59 Å². The van der Waals surface area contributed by atoms with Gasteiger partial charge >= 0.3 is 5.97 Å².